The van der Waals surface area contributed by atoms with Crippen molar-refractivity contribution in [3.8, 4) is 0 Å². The van der Waals surface area contributed by atoms with Crippen molar-refractivity contribution in [3.63, 3.8) is 0 Å². The number of unbranched alkanes of at least 4 members (excludes halogenated alkanes) is 35. The molecule has 0 aliphatic rings. The van der Waals surface area contributed by atoms with Gasteiger partial charge in [-0.05, 0) is 83.5 Å². The largest absolute Gasteiger partial charge is 0.462 e. The number of hydrogen-bond donors (Lipinski definition) is 0. The number of carbonyl (C=O) groups excluding carboxylic acids is 3. The summed E-state index contributed by atoms with van der Waals surface area (Å²) < 4.78 is 16.8. The maximum atomic E-state index is 12.9. The van der Waals surface area contributed by atoms with Gasteiger partial charge in [0.2, 0.25) is 0 Å². The molecule has 1 atom stereocenters. The molecule has 0 amide bonds. The van der Waals surface area contributed by atoms with Crippen molar-refractivity contribution < 1.29 is 28.6 Å². The van der Waals surface area contributed by atoms with E-state index >= 15 is 0 Å². The summed E-state index contributed by atoms with van der Waals surface area (Å²) in [5, 5.41) is 0. The minimum atomic E-state index is -0.815. The predicted molar refractivity (Wildman–Crippen MR) is 334 cm³/mol. The predicted octanol–water partition coefficient (Wildman–Crippen LogP) is 22.7. The highest BCUT2D eigenvalue weighted by Crippen LogP contribution is 2.17. The van der Waals surface area contributed by atoms with Crippen molar-refractivity contribution in [2.45, 2.75) is 335 Å². The zero-order chi connectivity index (χ0) is 55.7. The van der Waals surface area contributed by atoms with Gasteiger partial charge in [-0.2, -0.15) is 0 Å². The summed E-state index contributed by atoms with van der Waals surface area (Å²) in [4.78, 5) is 38.2. The van der Waals surface area contributed by atoms with E-state index in [-0.39, 0.29) is 37.5 Å². The van der Waals surface area contributed by atoms with Crippen LogP contribution in [0.1, 0.15) is 329 Å². The highest BCUT2D eigenvalue weighted by atomic mass is 16.6. The molecule has 0 aliphatic heterocycles. The maximum Gasteiger partial charge on any atom is 0.306 e. The first-order valence-corrected chi connectivity index (χ1v) is 33.1. The molecule has 0 saturated heterocycles. The second kappa shape index (κ2) is 65.1. The Kier molecular flexibility index (Phi) is 62.2. The summed E-state index contributed by atoms with van der Waals surface area (Å²) in [6.07, 6.45) is 86.3. The van der Waals surface area contributed by atoms with Crippen LogP contribution in [-0.2, 0) is 28.6 Å². The molecule has 0 aromatic heterocycles. The van der Waals surface area contributed by atoms with Crippen molar-refractivity contribution in [2.24, 2.45) is 0 Å². The van der Waals surface area contributed by atoms with E-state index in [0.29, 0.717) is 19.3 Å². The molecule has 0 radical (unpaired) electrons. The minimum absolute atomic E-state index is 0.103. The van der Waals surface area contributed by atoms with E-state index < -0.39 is 6.10 Å². The zero-order valence-corrected chi connectivity index (χ0v) is 51.0. The number of esters is 3. The van der Waals surface area contributed by atoms with Crippen LogP contribution in [0.15, 0.2) is 85.1 Å². The first kappa shape index (κ1) is 73.6. The van der Waals surface area contributed by atoms with E-state index in [1.165, 1.54) is 205 Å². The number of carbonyl (C=O) groups is 3. The monoisotopic (exact) mass is 1070 g/mol. The molecule has 0 aromatic carbocycles. The van der Waals surface area contributed by atoms with Gasteiger partial charge in [-0.3, -0.25) is 14.4 Å². The summed E-state index contributed by atoms with van der Waals surface area (Å²) in [6, 6.07) is 0. The Morgan fingerprint density at radius 3 is 0.844 bits per heavy atom. The fraction of sp³-hybridized carbons (Fsp3) is 0.761. The molecule has 77 heavy (non-hydrogen) atoms. The van der Waals surface area contributed by atoms with E-state index in [9.17, 15) is 14.4 Å². The molecule has 0 aromatic rings. The van der Waals surface area contributed by atoms with Crippen molar-refractivity contribution >= 4 is 17.9 Å². The highest BCUT2D eigenvalue weighted by molar-refractivity contribution is 5.71. The molecule has 6 nitrogen and oxygen atoms in total. The van der Waals surface area contributed by atoms with Crippen LogP contribution in [0.25, 0.3) is 0 Å². The first-order valence-electron chi connectivity index (χ1n) is 33.1. The summed E-state index contributed by atoms with van der Waals surface area (Å²) >= 11 is 0. The molecule has 0 saturated carbocycles. The molecular formula is C71H124O6. The van der Waals surface area contributed by atoms with E-state index in [4.69, 9.17) is 14.2 Å². The Morgan fingerprint density at radius 1 is 0.273 bits per heavy atom. The third kappa shape index (κ3) is 63.3. The number of hydrogen-bond acceptors (Lipinski definition) is 6. The Labute approximate surface area is 477 Å². The van der Waals surface area contributed by atoms with Crippen molar-refractivity contribution in [1.29, 1.82) is 0 Å². The van der Waals surface area contributed by atoms with E-state index in [0.717, 1.165) is 77.0 Å². The molecule has 1 unspecified atom stereocenters. The van der Waals surface area contributed by atoms with Gasteiger partial charge in [0.25, 0.3) is 0 Å². The molecule has 0 bridgehead atoms. The van der Waals surface area contributed by atoms with Crippen molar-refractivity contribution in [1.82, 2.24) is 0 Å². The topological polar surface area (TPSA) is 78.9 Å². The SMILES string of the molecule is CC/C=C\C/C=C\C/C=C\C/C=C\C/C=C\C/C=C\CCC(=O)OC(COC(=O)CCCCCCCCCCCCC)COC(=O)CCCCCCCCCCCCCCCCCCC/C=C\CCCCCCCCCC. The Hall–Kier alpha value is -3.41. The summed E-state index contributed by atoms with van der Waals surface area (Å²) in [7, 11) is 0. The van der Waals surface area contributed by atoms with Gasteiger partial charge in [0.05, 0.1) is 0 Å². The molecule has 0 fully saturated rings. The van der Waals surface area contributed by atoms with E-state index in [2.05, 4.69) is 99.8 Å². The second-order valence-corrected chi connectivity index (χ2v) is 22.0. The third-order valence-electron chi connectivity index (χ3n) is 14.4. The van der Waals surface area contributed by atoms with Crippen molar-refractivity contribution in [2.75, 3.05) is 13.2 Å². The molecule has 444 valence electrons. The molecule has 0 rings (SSSR count). The molecule has 6 heteroatoms. The summed E-state index contributed by atoms with van der Waals surface area (Å²) in [6.45, 7) is 6.49. The van der Waals surface area contributed by atoms with Gasteiger partial charge in [-0.1, -0.05) is 311 Å². The quantitative estimate of drug-likeness (QED) is 0.0261. The molecule has 0 aliphatic carbocycles. The molecule has 0 spiro atoms. The maximum absolute atomic E-state index is 12.9. The van der Waals surface area contributed by atoms with Crippen molar-refractivity contribution in [3.05, 3.63) is 85.1 Å². The van der Waals surface area contributed by atoms with Gasteiger partial charge in [0.1, 0.15) is 13.2 Å². The zero-order valence-electron chi connectivity index (χ0n) is 51.0. The molecule has 0 heterocycles. The van der Waals surface area contributed by atoms with Gasteiger partial charge in [-0.15, -0.1) is 0 Å². The van der Waals surface area contributed by atoms with Crippen LogP contribution in [0.4, 0.5) is 0 Å². The lowest BCUT2D eigenvalue weighted by atomic mass is 10.0. The normalized spacial score (nSPS) is 12.6. The standard InChI is InChI=1S/C71H124O6/c1-4-7-10-13-16-19-22-24-26-28-30-31-32-33-34-35-36-37-38-39-41-42-44-46-49-52-55-58-61-64-70(73)76-67-68(66-75-69(72)63-60-57-54-51-48-21-18-15-12-9-6-3)77-71(74)65-62-59-56-53-50-47-45-43-40-29-27-25-23-20-17-14-11-8-5-2/h8,11,17,20,25,27-28,30,40,43,47,50,56,59,68H,4-7,9-10,12-16,18-19,21-24,26,29,31-39,41-42,44-46,48-49,51-55,57-58,60-67H2,1-3H3/b11-8-,20-17-,27-25-,30-28-,43-40-,50-47-,59-56-. The molecule has 0 N–H and O–H groups in total. The summed E-state index contributed by atoms with van der Waals surface area (Å²) in [5.74, 6) is -0.976. The number of ether oxygens (including phenoxy) is 3. The Morgan fingerprint density at radius 2 is 0.532 bits per heavy atom. The van der Waals surface area contributed by atoms with Crippen LogP contribution < -0.4 is 0 Å². The van der Waals surface area contributed by atoms with Crippen LogP contribution in [-0.4, -0.2) is 37.2 Å². The second-order valence-electron chi connectivity index (χ2n) is 22.0. The van der Waals surface area contributed by atoms with E-state index in [1.807, 2.05) is 6.08 Å². The lowest BCUT2D eigenvalue weighted by molar-refractivity contribution is -0.166. The van der Waals surface area contributed by atoms with Gasteiger partial charge in [0, 0.05) is 19.3 Å². The van der Waals surface area contributed by atoms with Crippen LogP contribution in [0.5, 0.6) is 0 Å². The van der Waals surface area contributed by atoms with Gasteiger partial charge >= 0.3 is 17.9 Å². The van der Waals surface area contributed by atoms with Crippen LogP contribution >= 0.6 is 0 Å². The Balaban J connectivity index is 4.25. The van der Waals surface area contributed by atoms with E-state index in [1.54, 1.807) is 0 Å². The average molecular weight is 1070 g/mol. The lowest BCUT2D eigenvalue weighted by Crippen LogP contribution is -2.30. The smallest absolute Gasteiger partial charge is 0.306 e. The first-order chi connectivity index (χ1) is 38.0. The fourth-order valence-electron chi connectivity index (χ4n) is 9.47. The lowest BCUT2D eigenvalue weighted by Gasteiger charge is -2.18. The minimum Gasteiger partial charge on any atom is -0.462 e. The third-order valence-corrected chi connectivity index (χ3v) is 14.4. The van der Waals surface area contributed by atoms with Crippen LogP contribution in [0.3, 0.4) is 0 Å². The number of allylic oxidation sites excluding steroid dienone is 14. The highest BCUT2D eigenvalue weighted by Gasteiger charge is 2.19. The van der Waals surface area contributed by atoms with Gasteiger partial charge in [-0.25, -0.2) is 0 Å². The Bertz CT molecular complexity index is 1470. The van der Waals surface area contributed by atoms with Crippen LogP contribution in [0.2, 0.25) is 0 Å². The fourth-order valence-corrected chi connectivity index (χ4v) is 9.47. The molecular weight excluding hydrogens is 949 g/mol. The van der Waals surface area contributed by atoms with Crippen LogP contribution in [0, 0.1) is 0 Å². The average Bonchev–Trinajstić information content (AvgIpc) is 3.43. The number of rotatable bonds is 60. The van der Waals surface area contributed by atoms with Gasteiger partial charge < -0.3 is 14.2 Å². The van der Waals surface area contributed by atoms with Gasteiger partial charge in [0.15, 0.2) is 6.10 Å². The summed E-state index contributed by atoms with van der Waals surface area (Å²) in [5.41, 5.74) is 0.